The maximum atomic E-state index is 11.0. The maximum absolute atomic E-state index is 11.0. The summed E-state index contributed by atoms with van der Waals surface area (Å²) in [5.41, 5.74) is 4.66. The number of methoxy groups -OCH3 is 1. The molecule has 0 bridgehead atoms. The highest BCUT2D eigenvalue weighted by Gasteiger charge is 2.31. The summed E-state index contributed by atoms with van der Waals surface area (Å²) in [6.07, 6.45) is 7.26. The molecule has 0 atom stereocenters. The lowest BCUT2D eigenvalue weighted by atomic mass is 9.70. The van der Waals surface area contributed by atoms with Crippen LogP contribution in [-0.2, 0) is 5.41 Å². The quantitative estimate of drug-likeness (QED) is 0.494. The molecule has 0 heterocycles. The summed E-state index contributed by atoms with van der Waals surface area (Å²) in [5, 5.41) is 2.25. The van der Waals surface area contributed by atoms with Gasteiger partial charge in [-0.2, -0.15) is 0 Å². The standard InChI is InChI=1S/C25H26O2/c1-25(12-4-3-5-13-25)23-16-22(10-11-24(23)27-2)21-9-8-19-14-18(17-26)6-7-20(19)15-21/h6-11,14-17H,3-5,12-13H2,1-2H3. The van der Waals surface area contributed by atoms with E-state index in [2.05, 4.69) is 43.3 Å². The van der Waals surface area contributed by atoms with Crippen molar-refractivity contribution in [2.24, 2.45) is 0 Å². The lowest BCUT2D eigenvalue weighted by molar-refractivity contribution is 0.112. The summed E-state index contributed by atoms with van der Waals surface area (Å²) >= 11 is 0. The molecule has 1 aliphatic rings. The van der Waals surface area contributed by atoms with E-state index in [1.807, 2.05) is 18.2 Å². The first-order chi connectivity index (χ1) is 13.1. The molecule has 1 fully saturated rings. The molecule has 1 aliphatic carbocycles. The Kier molecular flexibility index (Phi) is 4.73. The van der Waals surface area contributed by atoms with Crippen LogP contribution < -0.4 is 4.74 Å². The highest BCUT2D eigenvalue weighted by molar-refractivity contribution is 5.91. The lowest BCUT2D eigenvalue weighted by Gasteiger charge is -2.35. The number of carbonyl (C=O) groups is 1. The van der Waals surface area contributed by atoms with Gasteiger partial charge in [0.1, 0.15) is 12.0 Å². The van der Waals surface area contributed by atoms with Crippen LogP contribution in [0, 0.1) is 0 Å². The first kappa shape index (κ1) is 17.8. The number of rotatable bonds is 4. The predicted molar refractivity (Wildman–Crippen MR) is 112 cm³/mol. The Labute approximate surface area is 161 Å². The van der Waals surface area contributed by atoms with Gasteiger partial charge in [0, 0.05) is 11.1 Å². The van der Waals surface area contributed by atoms with E-state index in [9.17, 15) is 4.79 Å². The SMILES string of the molecule is COc1ccc(-c2ccc3cc(C=O)ccc3c2)cc1C1(C)CCCCC1. The van der Waals surface area contributed by atoms with Crippen LogP contribution in [0.2, 0.25) is 0 Å². The van der Waals surface area contributed by atoms with Crippen LogP contribution in [0.1, 0.15) is 54.9 Å². The van der Waals surface area contributed by atoms with E-state index in [1.54, 1.807) is 7.11 Å². The van der Waals surface area contributed by atoms with Gasteiger partial charge in [-0.05, 0) is 64.4 Å². The molecule has 0 radical (unpaired) electrons. The number of carbonyl (C=O) groups excluding carboxylic acids is 1. The predicted octanol–water partition coefficient (Wildman–Crippen LogP) is 6.55. The van der Waals surface area contributed by atoms with E-state index >= 15 is 0 Å². The lowest BCUT2D eigenvalue weighted by Crippen LogP contribution is -2.25. The van der Waals surface area contributed by atoms with Gasteiger partial charge in [0.25, 0.3) is 0 Å². The molecule has 0 unspecified atom stereocenters. The normalized spacial score (nSPS) is 16.2. The van der Waals surface area contributed by atoms with Crippen molar-refractivity contribution >= 4 is 17.1 Å². The van der Waals surface area contributed by atoms with Crippen molar-refractivity contribution in [1.82, 2.24) is 0 Å². The minimum atomic E-state index is 0.190. The van der Waals surface area contributed by atoms with Gasteiger partial charge in [-0.1, -0.05) is 56.5 Å². The Morgan fingerprint density at radius 1 is 0.852 bits per heavy atom. The van der Waals surface area contributed by atoms with Crippen LogP contribution >= 0.6 is 0 Å². The van der Waals surface area contributed by atoms with Crippen LogP contribution in [0.4, 0.5) is 0 Å². The smallest absolute Gasteiger partial charge is 0.150 e. The maximum Gasteiger partial charge on any atom is 0.150 e. The van der Waals surface area contributed by atoms with Gasteiger partial charge in [0.05, 0.1) is 7.11 Å². The highest BCUT2D eigenvalue weighted by Crippen LogP contribution is 2.44. The molecule has 0 spiro atoms. The number of hydrogen-bond donors (Lipinski definition) is 0. The second-order valence-corrected chi connectivity index (χ2v) is 7.98. The Morgan fingerprint density at radius 3 is 2.26 bits per heavy atom. The van der Waals surface area contributed by atoms with E-state index in [0.29, 0.717) is 5.56 Å². The van der Waals surface area contributed by atoms with Crippen molar-refractivity contribution in [3.8, 4) is 16.9 Å². The van der Waals surface area contributed by atoms with Crippen LogP contribution in [0.3, 0.4) is 0 Å². The van der Waals surface area contributed by atoms with E-state index in [4.69, 9.17) is 4.74 Å². The topological polar surface area (TPSA) is 26.3 Å². The minimum absolute atomic E-state index is 0.190. The number of benzene rings is 3. The first-order valence-electron chi connectivity index (χ1n) is 9.81. The summed E-state index contributed by atoms with van der Waals surface area (Å²) in [6.45, 7) is 2.38. The third-order valence-electron chi connectivity index (χ3n) is 6.14. The molecule has 0 amide bonds. The van der Waals surface area contributed by atoms with Crippen LogP contribution in [-0.4, -0.2) is 13.4 Å². The van der Waals surface area contributed by atoms with Gasteiger partial charge in [-0.25, -0.2) is 0 Å². The van der Waals surface area contributed by atoms with E-state index < -0.39 is 0 Å². The number of ether oxygens (including phenoxy) is 1. The molecule has 27 heavy (non-hydrogen) atoms. The minimum Gasteiger partial charge on any atom is -0.496 e. The number of fused-ring (bicyclic) bond motifs is 1. The fraction of sp³-hybridized carbons (Fsp3) is 0.320. The fourth-order valence-electron chi connectivity index (χ4n) is 4.48. The summed E-state index contributed by atoms with van der Waals surface area (Å²) in [6, 6.07) is 18.9. The van der Waals surface area contributed by atoms with Crippen molar-refractivity contribution in [3.05, 3.63) is 65.7 Å². The van der Waals surface area contributed by atoms with Gasteiger partial charge < -0.3 is 4.74 Å². The Bertz CT molecular complexity index is 981. The summed E-state index contributed by atoms with van der Waals surface area (Å²) in [5.74, 6) is 1.000. The van der Waals surface area contributed by atoms with Crippen molar-refractivity contribution in [2.75, 3.05) is 7.11 Å². The zero-order chi connectivity index (χ0) is 18.9. The van der Waals surface area contributed by atoms with Crippen LogP contribution in [0.25, 0.3) is 21.9 Å². The molecule has 2 heteroatoms. The van der Waals surface area contributed by atoms with E-state index in [0.717, 1.165) is 22.8 Å². The summed E-state index contributed by atoms with van der Waals surface area (Å²) in [7, 11) is 1.77. The van der Waals surface area contributed by atoms with Crippen molar-refractivity contribution in [3.63, 3.8) is 0 Å². The molecule has 138 valence electrons. The van der Waals surface area contributed by atoms with Crippen LogP contribution in [0.5, 0.6) is 5.75 Å². The summed E-state index contributed by atoms with van der Waals surface area (Å²) in [4.78, 5) is 11.0. The Balaban J connectivity index is 1.78. The molecule has 0 N–H and O–H groups in total. The molecule has 0 saturated heterocycles. The van der Waals surface area contributed by atoms with Crippen LogP contribution in [0.15, 0.2) is 54.6 Å². The van der Waals surface area contributed by atoms with Crippen molar-refractivity contribution in [1.29, 1.82) is 0 Å². The number of hydrogen-bond acceptors (Lipinski definition) is 2. The second kappa shape index (κ2) is 7.19. The molecule has 3 aromatic rings. The third-order valence-corrected chi connectivity index (χ3v) is 6.14. The molecular weight excluding hydrogens is 332 g/mol. The Morgan fingerprint density at radius 2 is 1.52 bits per heavy atom. The van der Waals surface area contributed by atoms with Gasteiger partial charge in [0.2, 0.25) is 0 Å². The Hall–Kier alpha value is -2.61. The van der Waals surface area contributed by atoms with Gasteiger partial charge in [-0.3, -0.25) is 4.79 Å². The summed E-state index contributed by atoms with van der Waals surface area (Å²) < 4.78 is 5.72. The molecule has 0 aliphatic heterocycles. The largest absolute Gasteiger partial charge is 0.496 e. The fourth-order valence-corrected chi connectivity index (χ4v) is 4.48. The van der Waals surface area contributed by atoms with E-state index in [1.165, 1.54) is 48.8 Å². The van der Waals surface area contributed by atoms with Crippen molar-refractivity contribution in [2.45, 2.75) is 44.4 Å². The van der Waals surface area contributed by atoms with Crippen molar-refractivity contribution < 1.29 is 9.53 Å². The highest BCUT2D eigenvalue weighted by atomic mass is 16.5. The number of aldehydes is 1. The van der Waals surface area contributed by atoms with E-state index in [-0.39, 0.29) is 5.41 Å². The molecule has 1 saturated carbocycles. The van der Waals surface area contributed by atoms with Gasteiger partial charge in [-0.15, -0.1) is 0 Å². The molecule has 2 nitrogen and oxygen atoms in total. The third kappa shape index (κ3) is 3.37. The van der Waals surface area contributed by atoms with Gasteiger partial charge in [0.15, 0.2) is 0 Å². The molecule has 4 rings (SSSR count). The van der Waals surface area contributed by atoms with Gasteiger partial charge >= 0.3 is 0 Å². The average Bonchev–Trinajstić information content (AvgIpc) is 2.73. The monoisotopic (exact) mass is 358 g/mol. The zero-order valence-electron chi connectivity index (χ0n) is 16.1. The first-order valence-corrected chi connectivity index (χ1v) is 9.81. The molecular formula is C25H26O2. The average molecular weight is 358 g/mol. The zero-order valence-corrected chi connectivity index (χ0v) is 16.1. The molecule has 0 aromatic heterocycles. The molecule has 3 aromatic carbocycles. The second-order valence-electron chi connectivity index (χ2n) is 7.98.